The highest BCUT2D eigenvalue weighted by atomic mass is 35.5. The molecular weight excluding hydrogens is 528 g/mol. The first kappa shape index (κ1) is 28.1. The van der Waals surface area contributed by atoms with Crippen LogP contribution in [0.25, 0.3) is 11.0 Å². The fourth-order valence-corrected chi connectivity index (χ4v) is 5.81. The summed E-state index contributed by atoms with van der Waals surface area (Å²) in [4.78, 5) is 53.3. The van der Waals surface area contributed by atoms with Crippen molar-refractivity contribution in [2.75, 3.05) is 40.3 Å². The van der Waals surface area contributed by atoms with Crippen LogP contribution in [0.4, 0.5) is 0 Å². The number of hydrogen-bond donors (Lipinski definition) is 2. The second-order valence-electron chi connectivity index (χ2n) is 11.1. The molecule has 2 aliphatic heterocycles. The fraction of sp³-hybridized carbons (Fsp3) is 0.467. The topological polar surface area (TPSA) is 102 Å². The number of carbonyl (C=O) groups excluding carboxylic acids is 3. The van der Waals surface area contributed by atoms with Crippen LogP contribution in [-0.4, -0.2) is 88.7 Å². The maximum absolute atomic E-state index is 13.4. The number of nitrogens with one attached hydrogen (secondary N) is 2. The lowest BCUT2D eigenvalue weighted by Gasteiger charge is -2.22. The molecule has 0 aliphatic carbocycles. The quantitative estimate of drug-likeness (QED) is 0.427. The summed E-state index contributed by atoms with van der Waals surface area (Å²) in [6.45, 7) is 4.86. The molecule has 40 heavy (non-hydrogen) atoms. The van der Waals surface area contributed by atoms with Crippen molar-refractivity contribution in [2.45, 2.75) is 51.1 Å². The summed E-state index contributed by atoms with van der Waals surface area (Å²) in [6.07, 6.45) is 3.68. The van der Waals surface area contributed by atoms with Crippen LogP contribution >= 0.6 is 11.6 Å². The number of H-pyrrole nitrogens is 1. The number of benzene rings is 2. The van der Waals surface area contributed by atoms with E-state index in [1.165, 1.54) is 0 Å². The van der Waals surface area contributed by atoms with E-state index in [0.717, 1.165) is 55.5 Å². The van der Waals surface area contributed by atoms with Gasteiger partial charge in [-0.25, -0.2) is 4.98 Å². The monoisotopic (exact) mass is 564 g/mol. The van der Waals surface area contributed by atoms with Crippen LogP contribution < -0.4 is 5.32 Å². The third-order valence-electron chi connectivity index (χ3n) is 8.10. The largest absolute Gasteiger partial charge is 0.342 e. The van der Waals surface area contributed by atoms with Crippen LogP contribution in [0.3, 0.4) is 0 Å². The van der Waals surface area contributed by atoms with Crippen LogP contribution in [0.15, 0.2) is 36.4 Å². The lowest BCUT2D eigenvalue weighted by atomic mass is 10.0. The lowest BCUT2D eigenvalue weighted by molar-refractivity contribution is -0.130. The molecular formula is C30H37ClN6O3. The molecule has 3 amide bonds. The molecule has 0 bridgehead atoms. The van der Waals surface area contributed by atoms with Gasteiger partial charge in [0, 0.05) is 54.8 Å². The Morgan fingerprint density at radius 1 is 1.10 bits per heavy atom. The Bertz CT molecular complexity index is 1410. The summed E-state index contributed by atoms with van der Waals surface area (Å²) in [7, 11) is 4.07. The number of nitrogens with zero attached hydrogens (tertiary/aromatic N) is 4. The molecule has 1 aromatic heterocycles. The summed E-state index contributed by atoms with van der Waals surface area (Å²) in [5.41, 5.74) is 3.34. The SMILES string of the molecule is Cc1cc(C(=O)NC(CCC(=O)N2CCC(N(C)C)C2)c2nc3ccc(Cl)cc3[nH]2)ccc1C(=O)N1CCCC1. The zero-order valence-corrected chi connectivity index (χ0v) is 24.1. The number of imidazole rings is 1. The van der Waals surface area contributed by atoms with Gasteiger partial charge in [-0.15, -0.1) is 0 Å². The summed E-state index contributed by atoms with van der Waals surface area (Å²) < 4.78 is 0. The number of halogens is 1. The van der Waals surface area contributed by atoms with E-state index in [9.17, 15) is 14.4 Å². The molecule has 0 saturated carbocycles. The number of carbonyl (C=O) groups is 3. The number of fused-ring (bicyclic) bond motifs is 1. The molecule has 0 radical (unpaired) electrons. The Morgan fingerprint density at radius 3 is 2.58 bits per heavy atom. The van der Waals surface area contributed by atoms with Gasteiger partial charge in [-0.2, -0.15) is 0 Å². The Kier molecular flexibility index (Phi) is 8.42. The van der Waals surface area contributed by atoms with E-state index in [4.69, 9.17) is 16.6 Å². The zero-order chi connectivity index (χ0) is 28.4. The van der Waals surface area contributed by atoms with Crippen molar-refractivity contribution in [3.05, 3.63) is 63.9 Å². The number of aromatic amines is 1. The predicted molar refractivity (Wildman–Crippen MR) is 156 cm³/mol. The minimum Gasteiger partial charge on any atom is -0.342 e. The highest BCUT2D eigenvalue weighted by Gasteiger charge is 2.29. The van der Waals surface area contributed by atoms with E-state index < -0.39 is 6.04 Å². The van der Waals surface area contributed by atoms with Crippen LogP contribution in [0.2, 0.25) is 5.02 Å². The molecule has 2 atom stereocenters. The molecule has 3 heterocycles. The van der Waals surface area contributed by atoms with Gasteiger partial charge in [-0.1, -0.05) is 11.6 Å². The molecule has 2 unspecified atom stereocenters. The van der Waals surface area contributed by atoms with Crippen molar-refractivity contribution >= 4 is 40.4 Å². The number of likely N-dealkylation sites (N-methyl/N-ethyl adjacent to an activating group) is 1. The molecule has 2 aliphatic rings. The van der Waals surface area contributed by atoms with Gasteiger partial charge in [0.05, 0.1) is 17.1 Å². The predicted octanol–water partition coefficient (Wildman–Crippen LogP) is 4.17. The molecule has 2 aromatic carbocycles. The van der Waals surface area contributed by atoms with Crippen molar-refractivity contribution < 1.29 is 14.4 Å². The minimum absolute atomic E-state index is 0.0118. The van der Waals surface area contributed by atoms with Crippen molar-refractivity contribution in [1.29, 1.82) is 0 Å². The second kappa shape index (κ2) is 12.0. The molecule has 3 aromatic rings. The van der Waals surface area contributed by atoms with Crippen LogP contribution in [0.1, 0.15) is 70.2 Å². The van der Waals surface area contributed by atoms with Gasteiger partial charge in [-0.3, -0.25) is 14.4 Å². The highest BCUT2D eigenvalue weighted by Crippen LogP contribution is 2.25. The van der Waals surface area contributed by atoms with Crippen LogP contribution in [0, 0.1) is 6.92 Å². The first-order valence-corrected chi connectivity index (χ1v) is 14.4. The lowest BCUT2D eigenvalue weighted by Crippen LogP contribution is -2.35. The molecule has 5 rings (SSSR count). The minimum atomic E-state index is -0.513. The molecule has 2 N–H and O–H groups in total. The molecule has 2 fully saturated rings. The third kappa shape index (κ3) is 6.15. The van der Waals surface area contributed by atoms with Crippen LogP contribution in [0.5, 0.6) is 0 Å². The summed E-state index contributed by atoms with van der Waals surface area (Å²) in [5.74, 6) is 0.373. The maximum Gasteiger partial charge on any atom is 0.254 e. The number of amides is 3. The van der Waals surface area contributed by atoms with Gasteiger partial charge in [0.25, 0.3) is 11.8 Å². The Hall–Kier alpha value is -3.43. The molecule has 0 spiro atoms. The molecule has 212 valence electrons. The van der Waals surface area contributed by atoms with E-state index in [1.807, 2.05) is 36.9 Å². The van der Waals surface area contributed by atoms with Gasteiger partial charge < -0.3 is 25.0 Å². The summed E-state index contributed by atoms with van der Waals surface area (Å²) >= 11 is 6.17. The van der Waals surface area contributed by atoms with Gasteiger partial charge in [-0.05, 0) is 88.7 Å². The van der Waals surface area contributed by atoms with E-state index in [2.05, 4.69) is 15.2 Å². The van der Waals surface area contributed by atoms with Crippen LogP contribution in [-0.2, 0) is 4.79 Å². The molecule has 9 nitrogen and oxygen atoms in total. The van der Waals surface area contributed by atoms with Gasteiger partial charge in [0.2, 0.25) is 5.91 Å². The van der Waals surface area contributed by atoms with Crippen molar-refractivity contribution in [2.24, 2.45) is 0 Å². The Balaban J connectivity index is 1.33. The Morgan fingerprint density at radius 2 is 1.88 bits per heavy atom. The van der Waals surface area contributed by atoms with E-state index >= 15 is 0 Å². The van der Waals surface area contributed by atoms with Gasteiger partial charge in [0.1, 0.15) is 5.82 Å². The zero-order valence-electron chi connectivity index (χ0n) is 23.4. The highest BCUT2D eigenvalue weighted by molar-refractivity contribution is 6.31. The fourth-order valence-electron chi connectivity index (χ4n) is 5.64. The molecule has 2 saturated heterocycles. The number of aryl methyl sites for hydroxylation is 1. The average Bonchev–Trinajstić information content (AvgIpc) is 3.71. The Labute approximate surface area is 239 Å². The van der Waals surface area contributed by atoms with E-state index in [-0.39, 0.29) is 24.1 Å². The first-order chi connectivity index (χ1) is 19.2. The van der Waals surface area contributed by atoms with Gasteiger partial charge in [0.15, 0.2) is 0 Å². The van der Waals surface area contributed by atoms with Gasteiger partial charge >= 0.3 is 0 Å². The summed E-state index contributed by atoms with van der Waals surface area (Å²) in [5, 5.41) is 3.67. The van der Waals surface area contributed by atoms with Crippen molar-refractivity contribution in [3.63, 3.8) is 0 Å². The smallest absolute Gasteiger partial charge is 0.254 e. The number of hydrogen-bond acceptors (Lipinski definition) is 5. The van der Waals surface area contributed by atoms with E-state index in [1.54, 1.807) is 30.3 Å². The average molecular weight is 565 g/mol. The second-order valence-corrected chi connectivity index (χ2v) is 11.6. The van der Waals surface area contributed by atoms with Crippen molar-refractivity contribution in [3.8, 4) is 0 Å². The standard InChI is InChI=1S/C30H37ClN6O3/c1-19-16-20(6-8-23(19)30(40)36-13-4-5-14-36)29(39)34-25(28-32-24-9-7-21(31)17-26(24)33-28)10-11-27(38)37-15-12-22(18-37)35(2)3/h6-9,16-17,22,25H,4-5,10-15,18H2,1-3H3,(H,32,33)(H,34,39). The number of aromatic nitrogens is 2. The van der Waals surface area contributed by atoms with E-state index in [0.29, 0.717) is 41.0 Å². The van der Waals surface area contributed by atoms with Crippen molar-refractivity contribution in [1.82, 2.24) is 30.0 Å². The summed E-state index contributed by atoms with van der Waals surface area (Å²) in [6, 6.07) is 10.4. The normalized spacial score (nSPS) is 18.1. The number of likely N-dealkylation sites (tertiary alicyclic amines) is 2. The molecule has 10 heteroatoms. The first-order valence-electron chi connectivity index (χ1n) is 14.0. The maximum atomic E-state index is 13.4. The number of rotatable bonds is 8. The third-order valence-corrected chi connectivity index (χ3v) is 8.34.